The largest absolute Gasteiger partial charge is 0.511 e. The van der Waals surface area contributed by atoms with Gasteiger partial charge in [-0.3, -0.25) is 0 Å². The van der Waals surface area contributed by atoms with E-state index >= 15 is 0 Å². The number of hydrogen-bond acceptors (Lipinski definition) is 3. The molecule has 154 valence electrons. The van der Waals surface area contributed by atoms with Crippen LogP contribution in [-0.2, 0) is 10.8 Å². The molecule has 1 aliphatic carbocycles. The lowest BCUT2D eigenvalue weighted by molar-refractivity contribution is 0.144. The second-order valence-corrected chi connectivity index (χ2v) is 9.13. The van der Waals surface area contributed by atoms with Crippen LogP contribution in [0.5, 0.6) is 11.5 Å². The van der Waals surface area contributed by atoms with Gasteiger partial charge in [-0.15, -0.1) is 0 Å². The Labute approximate surface area is 173 Å². The van der Waals surface area contributed by atoms with Crippen LogP contribution in [-0.4, -0.2) is 18.4 Å². The second kappa shape index (κ2) is 7.58. The van der Waals surface area contributed by atoms with Crippen LogP contribution in [0.15, 0.2) is 36.4 Å². The summed E-state index contributed by atoms with van der Waals surface area (Å²) < 4.78 is 10.4. The molecular formula is C25H30O4. The van der Waals surface area contributed by atoms with Crippen LogP contribution in [0.25, 0.3) is 11.6 Å². The van der Waals surface area contributed by atoms with Crippen molar-refractivity contribution in [1.29, 1.82) is 0 Å². The molecule has 0 spiro atoms. The zero-order valence-electron chi connectivity index (χ0n) is 18.1. The molecule has 0 atom stereocenters. The third kappa shape index (κ3) is 4.31. The van der Waals surface area contributed by atoms with Crippen LogP contribution in [0.4, 0.5) is 4.79 Å². The number of methoxy groups -OCH3 is 1. The van der Waals surface area contributed by atoms with Gasteiger partial charge in [0, 0.05) is 5.56 Å². The predicted molar refractivity (Wildman–Crippen MR) is 117 cm³/mol. The molecular weight excluding hydrogens is 364 g/mol. The van der Waals surface area contributed by atoms with Crippen LogP contribution in [0, 0.1) is 0 Å². The zero-order valence-corrected chi connectivity index (χ0v) is 18.1. The monoisotopic (exact) mass is 394 g/mol. The van der Waals surface area contributed by atoms with Crippen molar-refractivity contribution in [1.82, 2.24) is 0 Å². The van der Waals surface area contributed by atoms with Crippen LogP contribution >= 0.6 is 0 Å². The van der Waals surface area contributed by atoms with E-state index in [0.717, 1.165) is 35.3 Å². The first-order valence-electron chi connectivity index (χ1n) is 9.96. The Hall–Kier alpha value is -2.75. The van der Waals surface area contributed by atoms with Gasteiger partial charge in [-0.25, -0.2) is 4.79 Å². The molecule has 2 aromatic carbocycles. The molecule has 0 aliphatic heterocycles. The third-order valence-corrected chi connectivity index (χ3v) is 6.07. The normalized spacial score (nSPS) is 17.4. The quantitative estimate of drug-likeness (QED) is 0.358. The fraction of sp³-hybridized carbons (Fsp3) is 0.400. The van der Waals surface area contributed by atoms with E-state index in [1.165, 1.54) is 11.1 Å². The Morgan fingerprint density at radius 1 is 1.00 bits per heavy atom. The van der Waals surface area contributed by atoms with E-state index < -0.39 is 6.16 Å². The summed E-state index contributed by atoms with van der Waals surface area (Å²) in [6.07, 6.45) is 3.09. The number of allylic oxidation sites excluding steroid dienone is 1. The first-order chi connectivity index (χ1) is 13.5. The summed E-state index contributed by atoms with van der Waals surface area (Å²) >= 11 is 0. The predicted octanol–water partition coefficient (Wildman–Crippen LogP) is 6.66. The van der Waals surface area contributed by atoms with Crippen LogP contribution < -0.4 is 9.47 Å². The van der Waals surface area contributed by atoms with E-state index in [1.807, 2.05) is 12.1 Å². The average molecular weight is 395 g/mol. The lowest BCUT2D eigenvalue weighted by atomic mass is 9.62. The Morgan fingerprint density at radius 3 is 2.07 bits per heavy atom. The molecule has 29 heavy (non-hydrogen) atoms. The Morgan fingerprint density at radius 2 is 1.55 bits per heavy atom. The number of rotatable bonds is 4. The van der Waals surface area contributed by atoms with Gasteiger partial charge in [0.25, 0.3) is 0 Å². The highest BCUT2D eigenvalue weighted by molar-refractivity contribution is 5.83. The van der Waals surface area contributed by atoms with Gasteiger partial charge in [-0.1, -0.05) is 45.9 Å². The molecule has 0 bridgehead atoms. The van der Waals surface area contributed by atoms with Gasteiger partial charge in [0.15, 0.2) is 0 Å². The smallest absolute Gasteiger partial charge is 0.496 e. The van der Waals surface area contributed by atoms with Crippen molar-refractivity contribution in [2.24, 2.45) is 0 Å². The maximum absolute atomic E-state index is 10.7. The molecule has 4 nitrogen and oxygen atoms in total. The average Bonchev–Trinajstić information content (AvgIpc) is 2.65. The maximum Gasteiger partial charge on any atom is 0.511 e. The second-order valence-electron chi connectivity index (χ2n) is 9.13. The Bertz CT molecular complexity index is 950. The van der Waals surface area contributed by atoms with Gasteiger partial charge in [-0.05, 0) is 77.1 Å². The van der Waals surface area contributed by atoms with Crippen molar-refractivity contribution in [3.8, 4) is 11.5 Å². The topological polar surface area (TPSA) is 55.8 Å². The van der Waals surface area contributed by atoms with Gasteiger partial charge >= 0.3 is 6.16 Å². The number of fused-ring (bicyclic) bond motifs is 1. The summed E-state index contributed by atoms with van der Waals surface area (Å²) in [5, 5.41) is 8.72. The summed E-state index contributed by atoms with van der Waals surface area (Å²) in [4.78, 5) is 10.7. The number of ether oxygens (including phenoxy) is 2. The summed E-state index contributed by atoms with van der Waals surface area (Å²) in [6, 6.07) is 11.5. The van der Waals surface area contributed by atoms with Gasteiger partial charge in [0.1, 0.15) is 11.5 Å². The van der Waals surface area contributed by atoms with Crippen molar-refractivity contribution >= 4 is 17.8 Å². The molecule has 3 rings (SSSR count). The molecule has 0 fully saturated rings. The van der Waals surface area contributed by atoms with Crippen molar-refractivity contribution < 1.29 is 19.4 Å². The third-order valence-electron chi connectivity index (χ3n) is 6.07. The van der Waals surface area contributed by atoms with Crippen molar-refractivity contribution in [2.45, 2.75) is 58.3 Å². The molecule has 1 N–H and O–H groups in total. The highest BCUT2D eigenvalue weighted by Crippen LogP contribution is 2.48. The zero-order chi connectivity index (χ0) is 21.4. The standard InChI is InChI=1S/C25H30O4/c1-16(13-17-7-9-18(10-8-17)29-23(26)27)19-14-20-21(15-22(19)28-6)25(4,5)12-11-24(20,2)3/h7-10,13-15H,11-12H2,1-6H3,(H,26,27)/b16-13+. The number of carboxylic acid groups (broad SMARTS) is 1. The summed E-state index contributed by atoms with van der Waals surface area (Å²) in [5.74, 6) is 1.19. The number of carbonyl (C=O) groups is 1. The highest BCUT2D eigenvalue weighted by Gasteiger charge is 2.37. The minimum absolute atomic E-state index is 0.127. The van der Waals surface area contributed by atoms with Gasteiger partial charge in [0.05, 0.1) is 7.11 Å². The molecule has 0 aromatic heterocycles. The van der Waals surface area contributed by atoms with E-state index in [0.29, 0.717) is 5.75 Å². The SMILES string of the molecule is COc1cc2c(cc1/C(C)=C/c1ccc(OC(=O)O)cc1)C(C)(C)CCC2(C)C. The summed E-state index contributed by atoms with van der Waals surface area (Å²) in [6.45, 7) is 11.3. The van der Waals surface area contributed by atoms with Gasteiger partial charge < -0.3 is 14.6 Å². The summed E-state index contributed by atoms with van der Waals surface area (Å²) in [7, 11) is 1.72. The van der Waals surface area contributed by atoms with Crippen LogP contribution in [0.3, 0.4) is 0 Å². The minimum atomic E-state index is -1.31. The molecule has 0 saturated heterocycles. The number of benzene rings is 2. The van der Waals surface area contributed by atoms with E-state index in [4.69, 9.17) is 9.84 Å². The molecule has 4 heteroatoms. The first kappa shape index (κ1) is 21.0. The first-order valence-corrected chi connectivity index (χ1v) is 9.96. The van der Waals surface area contributed by atoms with Crippen molar-refractivity contribution in [3.63, 3.8) is 0 Å². The molecule has 0 saturated carbocycles. The van der Waals surface area contributed by atoms with Gasteiger partial charge in [-0.2, -0.15) is 0 Å². The molecule has 0 amide bonds. The van der Waals surface area contributed by atoms with E-state index in [1.54, 1.807) is 19.2 Å². The lowest BCUT2D eigenvalue weighted by Crippen LogP contribution is -2.34. The van der Waals surface area contributed by atoms with E-state index in [9.17, 15) is 4.79 Å². The van der Waals surface area contributed by atoms with E-state index in [2.05, 4.69) is 57.6 Å². The molecule has 2 aromatic rings. The molecule has 0 radical (unpaired) electrons. The van der Waals surface area contributed by atoms with Crippen LogP contribution in [0.2, 0.25) is 0 Å². The minimum Gasteiger partial charge on any atom is -0.496 e. The lowest BCUT2D eigenvalue weighted by Gasteiger charge is -2.42. The summed E-state index contributed by atoms with van der Waals surface area (Å²) in [5.41, 5.74) is 6.18. The van der Waals surface area contributed by atoms with Crippen molar-refractivity contribution in [3.05, 3.63) is 58.7 Å². The Kier molecular flexibility index (Phi) is 5.48. The van der Waals surface area contributed by atoms with Crippen LogP contribution in [0.1, 0.15) is 69.7 Å². The Balaban J connectivity index is 2.03. The molecule has 0 unspecified atom stereocenters. The highest BCUT2D eigenvalue weighted by atomic mass is 16.7. The van der Waals surface area contributed by atoms with Gasteiger partial charge in [0.2, 0.25) is 0 Å². The fourth-order valence-electron chi connectivity index (χ4n) is 4.13. The van der Waals surface area contributed by atoms with Crippen molar-refractivity contribution in [2.75, 3.05) is 7.11 Å². The fourth-order valence-corrected chi connectivity index (χ4v) is 4.13. The molecule has 0 heterocycles. The van der Waals surface area contributed by atoms with E-state index in [-0.39, 0.29) is 10.8 Å². The maximum atomic E-state index is 10.7. The molecule has 1 aliphatic rings. The number of hydrogen-bond donors (Lipinski definition) is 1.